The van der Waals surface area contributed by atoms with Crippen LogP contribution < -0.4 is 0 Å². The molecule has 1 aromatic heterocycles. The number of thiophene rings is 1. The predicted molar refractivity (Wildman–Crippen MR) is 106 cm³/mol. The molecule has 0 saturated carbocycles. The Hall–Kier alpha value is -1.79. The van der Waals surface area contributed by atoms with Crippen LogP contribution in [0.5, 0.6) is 0 Å². The van der Waals surface area contributed by atoms with Gasteiger partial charge in [0.1, 0.15) is 5.82 Å². The first-order valence-electron chi connectivity index (χ1n) is 9.27. The molecule has 2 N–H and O–H groups in total. The highest BCUT2D eigenvalue weighted by Crippen LogP contribution is 2.38. The van der Waals surface area contributed by atoms with E-state index in [0.29, 0.717) is 18.4 Å². The van der Waals surface area contributed by atoms with E-state index in [1.165, 1.54) is 16.2 Å². The summed E-state index contributed by atoms with van der Waals surface area (Å²) in [7, 11) is 0. The number of hydrogen-bond donors (Lipinski definition) is 2. The summed E-state index contributed by atoms with van der Waals surface area (Å²) in [5.74, 6) is -0.316. The van der Waals surface area contributed by atoms with Crippen molar-refractivity contribution in [1.82, 2.24) is 0 Å². The van der Waals surface area contributed by atoms with Crippen molar-refractivity contribution in [3.8, 4) is 0 Å². The summed E-state index contributed by atoms with van der Waals surface area (Å²) in [5, 5.41) is 20.6. The van der Waals surface area contributed by atoms with Gasteiger partial charge in [0.25, 0.3) is 0 Å². The van der Waals surface area contributed by atoms with E-state index in [2.05, 4.69) is 18.2 Å². The zero-order chi connectivity index (χ0) is 19.0. The van der Waals surface area contributed by atoms with E-state index in [0.717, 1.165) is 10.4 Å². The number of hydrogen-bond acceptors (Lipinski definition) is 4. The van der Waals surface area contributed by atoms with Gasteiger partial charge < -0.3 is 14.9 Å². The van der Waals surface area contributed by atoms with Gasteiger partial charge in [0.2, 0.25) is 0 Å². The van der Waals surface area contributed by atoms with Crippen molar-refractivity contribution in [1.29, 1.82) is 0 Å². The van der Waals surface area contributed by atoms with Crippen LogP contribution in [0.15, 0.2) is 48.5 Å². The minimum atomic E-state index is -0.519. The topological polar surface area (TPSA) is 49.7 Å². The van der Waals surface area contributed by atoms with Crippen molar-refractivity contribution in [2.45, 2.75) is 44.0 Å². The Kier molecular flexibility index (Phi) is 5.28. The molecule has 27 heavy (non-hydrogen) atoms. The number of halogens is 1. The van der Waals surface area contributed by atoms with Gasteiger partial charge in [-0.1, -0.05) is 31.2 Å². The lowest BCUT2D eigenvalue weighted by molar-refractivity contribution is -0.113. The molecule has 4 atom stereocenters. The first-order chi connectivity index (χ1) is 13.0. The average Bonchev–Trinajstić information content (AvgIpc) is 3.11. The van der Waals surface area contributed by atoms with E-state index in [4.69, 9.17) is 4.74 Å². The maximum Gasteiger partial charge on any atom is 0.127 e. The quantitative estimate of drug-likeness (QED) is 0.679. The molecule has 0 spiro atoms. The van der Waals surface area contributed by atoms with Crippen molar-refractivity contribution in [2.24, 2.45) is 0 Å². The Labute approximate surface area is 162 Å². The highest BCUT2D eigenvalue weighted by Gasteiger charge is 2.29. The number of aliphatic hydroxyl groups excluding tert-OH is 2. The van der Waals surface area contributed by atoms with E-state index in [9.17, 15) is 14.6 Å². The third-order valence-corrected chi connectivity index (χ3v) is 6.61. The number of aliphatic hydroxyl groups is 2. The standard InChI is InChI=1S/C22H23FO3S/c1-13(22-9-15-4-2-3-5-21(15)27-22)18-8-14(6-7-19(18)23)20-11-16(25)10-17(12-24)26-20/h2-9,13,16-17,20,24-25H,10-12H2,1H3. The van der Waals surface area contributed by atoms with Crippen LogP contribution in [0.3, 0.4) is 0 Å². The molecule has 1 aliphatic rings. The third-order valence-electron chi connectivity index (χ3n) is 5.31. The largest absolute Gasteiger partial charge is 0.394 e. The van der Waals surface area contributed by atoms with Crippen LogP contribution in [-0.4, -0.2) is 29.0 Å². The van der Waals surface area contributed by atoms with E-state index >= 15 is 0 Å². The smallest absolute Gasteiger partial charge is 0.127 e. The lowest BCUT2D eigenvalue weighted by Crippen LogP contribution is -2.33. The lowest BCUT2D eigenvalue weighted by Gasteiger charge is -2.33. The Morgan fingerprint density at radius 2 is 2.00 bits per heavy atom. The van der Waals surface area contributed by atoms with Crippen LogP contribution in [0.4, 0.5) is 4.39 Å². The summed E-state index contributed by atoms with van der Waals surface area (Å²) in [6.07, 6.45) is -0.348. The molecule has 0 bridgehead atoms. The van der Waals surface area contributed by atoms with Crippen LogP contribution in [0.25, 0.3) is 10.1 Å². The molecule has 4 unspecified atom stereocenters. The summed E-state index contributed by atoms with van der Waals surface area (Å²) in [6.45, 7) is 1.89. The van der Waals surface area contributed by atoms with Crippen molar-refractivity contribution in [3.05, 3.63) is 70.4 Å². The van der Waals surface area contributed by atoms with E-state index in [-0.39, 0.29) is 30.5 Å². The van der Waals surface area contributed by atoms with Crippen LogP contribution in [0, 0.1) is 5.82 Å². The van der Waals surface area contributed by atoms with Gasteiger partial charge in [-0.25, -0.2) is 4.39 Å². The molecular formula is C22H23FO3S. The Morgan fingerprint density at radius 1 is 1.19 bits per heavy atom. The van der Waals surface area contributed by atoms with Crippen LogP contribution in [0.2, 0.25) is 0 Å². The van der Waals surface area contributed by atoms with Gasteiger partial charge in [-0.3, -0.25) is 0 Å². The molecule has 4 rings (SSSR count). The van der Waals surface area contributed by atoms with E-state index < -0.39 is 6.10 Å². The summed E-state index contributed by atoms with van der Waals surface area (Å²) < 4.78 is 21.7. The molecule has 142 valence electrons. The number of ether oxygens (including phenoxy) is 1. The van der Waals surface area contributed by atoms with Crippen molar-refractivity contribution in [3.63, 3.8) is 0 Å². The van der Waals surface area contributed by atoms with E-state index in [1.807, 2.05) is 25.1 Å². The van der Waals surface area contributed by atoms with Gasteiger partial charge in [-0.2, -0.15) is 0 Å². The Balaban J connectivity index is 1.65. The monoisotopic (exact) mass is 386 g/mol. The van der Waals surface area contributed by atoms with E-state index in [1.54, 1.807) is 17.4 Å². The second kappa shape index (κ2) is 7.68. The molecule has 1 aliphatic heterocycles. The fourth-order valence-corrected chi connectivity index (χ4v) is 4.92. The summed E-state index contributed by atoms with van der Waals surface area (Å²) in [5.41, 5.74) is 1.47. The second-order valence-electron chi connectivity index (χ2n) is 7.24. The maximum atomic E-state index is 14.6. The molecule has 1 saturated heterocycles. The third kappa shape index (κ3) is 3.78. The minimum absolute atomic E-state index is 0.0792. The van der Waals surface area contributed by atoms with Gasteiger partial charge in [-0.05, 0) is 40.8 Å². The summed E-state index contributed by atoms with van der Waals surface area (Å²) in [6, 6.07) is 15.3. The first-order valence-corrected chi connectivity index (χ1v) is 10.1. The van der Waals surface area contributed by atoms with Gasteiger partial charge in [-0.15, -0.1) is 11.3 Å². The van der Waals surface area contributed by atoms with Crippen LogP contribution >= 0.6 is 11.3 Å². The zero-order valence-electron chi connectivity index (χ0n) is 15.1. The lowest BCUT2D eigenvalue weighted by atomic mass is 9.91. The van der Waals surface area contributed by atoms with Gasteiger partial charge in [0.15, 0.2) is 0 Å². The maximum absolute atomic E-state index is 14.6. The summed E-state index contributed by atoms with van der Waals surface area (Å²) in [4.78, 5) is 1.12. The molecule has 2 heterocycles. The number of benzene rings is 2. The van der Waals surface area contributed by atoms with Gasteiger partial charge in [0, 0.05) is 28.3 Å². The first kappa shape index (κ1) is 18.6. The van der Waals surface area contributed by atoms with Crippen LogP contribution in [-0.2, 0) is 4.74 Å². The highest BCUT2D eigenvalue weighted by atomic mass is 32.1. The second-order valence-corrected chi connectivity index (χ2v) is 8.36. The SMILES string of the molecule is CC(c1cc2ccccc2s1)c1cc(C2CC(O)CC(CO)O2)ccc1F. The Bertz CT molecular complexity index is 905. The highest BCUT2D eigenvalue weighted by molar-refractivity contribution is 7.19. The zero-order valence-corrected chi connectivity index (χ0v) is 16.0. The Morgan fingerprint density at radius 3 is 2.78 bits per heavy atom. The number of rotatable bonds is 4. The van der Waals surface area contributed by atoms with Crippen molar-refractivity contribution >= 4 is 21.4 Å². The molecular weight excluding hydrogens is 363 g/mol. The van der Waals surface area contributed by atoms with Gasteiger partial charge >= 0.3 is 0 Å². The average molecular weight is 386 g/mol. The van der Waals surface area contributed by atoms with Crippen molar-refractivity contribution in [2.75, 3.05) is 6.61 Å². The molecule has 2 aromatic carbocycles. The predicted octanol–water partition coefficient (Wildman–Crippen LogP) is 4.77. The molecule has 5 heteroatoms. The van der Waals surface area contributed by atoms with Gasteiger partial charge in [0.05, 0.1) is 24.9 Å². The molecule has 3 aromatic rings. The number of fused-ring (bicyclic) bond motifs is 1. The normalized spacial score (nSPS) is 24.2. The molecule has 1 fully saturated rings. The fourth-order valence-electron chi connectivity index (χ4n) is 3.79. The summed E-state index contributed by atoms with van der Waals surface area (Å²) >= 11 is 1.68. The molecule has 3 nitrogen and oxygen atoms in total. The van der Waals surface area contributed by atoms with Crippen LogP contribution in [0.1, 0.15) is 47.8 Å². The molecule has 0 aliphatic carbocycles. The fraction of sp³-hybridized carbons (Fsp3) is 0.364. The molecule has 0 amide bonds. The molecule has 0 radical (unpaired) electrons. The van der Waals surface area contributed by atoms with Crippen molar-refractivity contribution < 1.29 is 19.3 Å². The minimum Gasteiger partial charge on any atom is -0.394 e.